The number of para-hydroxylation sites is 1. The number of hydrogen-bond donors (Lipinski definition) is 2. The third kappa shape index (κ3) is 3.80. The number of amides is 1. The highest BCUT2D eigenvalue weighted by molar-refractivity contribution is 8.00. The number of carbonyl (C=O) groups excluding carboxylic acids is 1. The Hall–Kier alpha value is -2.12. The first-order chi connectivity index (χ1) is 13.0. The van der Waals surface area contributed by atoms with Gasteiger partial charge in [0.25, 0.3) is 0 Å². The molecule has 3 aromatic rings. The van der Waals surface area contributed by atoms with Gasteiger partial charge in [0.1, 0.15) is 10.6 Å². The maximum absolute atomic E-state index is 12.4. The number of rotatable bonds is 4. The number of benzene rings is 1. The van der Waals surface area contributed by atoms with Crippen molar-refractivity contribution in [3.05, 3.63) is 40.8 Å². The van der Waals surface area contributed by atoms with E-state index in [1.54, 1.807) is 11.3 Å². The van der Waals surface area contributed by atoms with Crippen LogP contribution in [0.5, 0.6) is 0 Å². The molecule has 140 valence electrons. The van der Waals surface area contributed by atoms with Gasteiger partial charge in [-0.05, 0) is 49.8 Å². The third-order valence-corrected chi connectivity index (χ3v) is 6.96. The Kier molecular flexibility index (Phi) is 5.06. The maximum atomic E-state index is 12.4. The molecule has 7 heteroatoms. The highest BCUT2D eigenvalue weighted by Crippen LogP contribution is 2.40. The number of anilines is 2. The summed E-state index contributed by atoms with van der Waals surface area (Å²) in [4.78, 5) is 24.0. The molecule has 1 aliphatic carbocycles. The van der Waals surface area contributed by atoms with Crippen molar-refractivity contribution in [2.75, 3.05) is 11.1 Å². The van der Waals surface area contributed by atoms with E-state index < -0.39 is 0 Å². The third-order valence-electron chi connectivity index (χ3n) is 4.86. The summed E-state index contributed by atoms with van der Waals surface area (Å²) >= 11 is 3.06. The lowest BCUT2D eigenvalue weighted by molar-refractivity contribution is -0.115. The first-order valence-electron chi connectivity index (χ1n) is 9.11. The Bertz CT molecular complexity index is 987. The van der Waals surface area contributed by atoms with Gasteiger partial charge in [0.05, 0.1) is 10.6 Å². The lowest BCUT2D eigenvalue weighted by Crippen LogP contribution is -2.22. The van der Waals surface area contributed by atoms with Crippen LogP contribution in [0.3, 0.4) is 0 Å². The average molecular weight is 399 g/mol. The monoisotopic (exact) mass is 398 g/mol. The molecule has 1 aromatic carbocycles. The van der Waals surface area contributed by atoms with Gasteiger partial charge in [-0.2, -0.15) is 0 Å². The summed E-state index contributed by atoms with van der Waals surface area (Å²) in [7, 11) is 0. The fraction of sp³-hybridized carbons (Fsp3) is 0.350. The molecule has 2 atom stereocenters. The summed E-state index contributed by atoms with van der Waals surface area (Å²) < 4.78 is 0. The van der Waals surface area contributed by atoms with Crippen LogP contribution in [-0.4, -0.2) is 21.1 Å². The number of hydrogen-bond acceptors (Lipinski definition) is 6. The lowest BCUT2D eigenvalue weighted by atomic mass is 9.89. The second-order valence-electron chi connectivity index (χ2n) is 7.04. The zero-order chi connectivity index (χ0) is 19.0. The standard InChI is InChI=1S/C20H22N4OS2/c1-11-8-9-14-15(10-11)27-19-16(14)17(21)23-20(24-19)26-12(2)18(25)22-13-6-4-3-5-7-13/h3-7,11-12H,8-10H2,1-2H3,(H,22,25)(H2,21,23,24)/t11-,12-/m1/s1. The normalized spacial score (nSPS) is 17.5. The molecule has 2 heterocycles. The van der Waals surface area contributed by atoms with E-state index in [4.69, 9.17) is 10.7 Å². The Morgan fingerprint density at radius 3 is 2.89 bits per heavy atom. The fourth-order valence-electron chi connectivity index (χ4n) is 3.38. The molecule has 0 spiro atoms. The van der Waals surface area contributed by atoms with Gasteiger partial charge in [0, 0.05) is 10.6 Å². The number of carbonyl (C=O) groups is 1. The van der Waals surface area contributed by atoms with Crippen LogP contribution in [0, 0.1) is 5.92 Å². The number of nitrogen functional groups attached to an aromatic ring is 1. The summed E-state index contributed by atoms with van der Waals surface area (Å²) in [5.74, 6) is 1.16. The number of thiophene rings is 1. The summed E-state index contributed by atoms with van der Waals surface area (Å²) in [6, 6.07) is 9.44. The molecule has 1 aliphatic rings. The van der Waals surface area contributed by atoms with Crippen LogP contribution in [0.1, 0.15) is 30.7 Å². The topological polar surface area (TPSA) is 80.9 Å². The molecule has 0 saturated carbocycles. The number of nitrogens with zero attached hydrogens (tertiary/aromatic N) is 2. The van der Waals surface area contributed by atoms with Crippen LogP contribution in [0.15, 0.2) is 35.5 Å². The second kappa shape index (κ2) is 7.48. The molecule has 2 aromatic heterocycles. The molecule has 0 fully saturated rings. The van der Waals surface area contributed by atoms with Gasteiger partial charge in [-0.3, -0.25) is 4.79 Å². The maximum Gasteiger partial charge on any atom is 0.237 e. The second-order valence-corrected chi connectivity index (χ2v) is 9.43. The van der Waals surface area contributed by atoms with Crippen molar-refractivity contribution in [1.82, 2.24) is 9.97 Å². The van der Waals surface area contributed by atoms with Crippen LogP contribution >= 0.6 is 23.1 Å². The number of nitrogens with two attached hydrogens (primary N) is 1. The Morgan fingerprint density at radius 2 is 2.11 bits per heavy atom. The minimum atomic E-state index is -0.323. The van der Waals surface area contributed by atoms with E-state index in [1.807, 2.05) is 37.3 Å². The molecule has 0 aliphatic heterocycles. The SMILES string of the molecule is C[C@@H]1CCc2c(sc3nc(S[C@H](C)C(=O)Nc4ccccc4)nc(N)c23)C1. The predicted molar refractivity (Wildman–Crippen MR) is 113 cm³/mol. The van der Waals surface area contributed by atoms with Crippen molar-refractivity contribution in [2.45, 2.75) is 43.5 Å². The van der Waals surface area contributed by atoms with Gasteiger partial charge in [-0.1, -0.05) is 36.9 Å². The summed E-state index contributed by atoms with van der Waals surface area (Å²) in [6.45, 7) is 4.14. The van der Waals surface area contributed by atoms with Crippen LogP contribution in [0.2, 0.25) is 0 Å². The first-order valence-corrected chi connectivity index (χ1v) is 10.8. The van der Waals surface area contributed by atoms with Crippen molar-refractivity contribution in [3.8, 4) is 0 Å². The average Bonchev–Trinajstić information content (AvgIpc) is 3.00. The van der Waals surface area contributed by atoms with Crippen LogP contribution < -0.4 is 11.1 Å². The van der Waals surface area contributed by atoms with Crippen molar-refractivity contribution >= 4 is 50.7 Å². The van der Waals surface area contributed by atoms with Crippen LogP contribution in [0.25, 0.3) is 10.2 Å². The summed E-state index contributed by atoms with van der Waals surface area (Å²) in [6.07, 6.45) is 3.33. The molecule has 27 heavy (non-hydrogen) atoms. The van der Waals surface area contributed by atoms with Gasteiger partial charge in [0.15, 0.2) is 5.16 Å². The molecule has 0 unspecified atom stereocenters. The molecule has 4 rings (SSSR count). The van der Waals surface area contributed by atoms with E-state index in [9.17, 15) is 4.79 Å². The number of aryl methyl sites for hydroxylation is 1. The number of fused-ring (bicyclic) bond motifs is 3. The largest absolute Gasteiger partial charge is 0.383 e. The Morgan fingerprint density at radius 1 is 1.33 bits per heavy atom. The minimum absolute atomic E-state index is 0.0761. The van der Waals surface area contributed by atoms with Gasteiger partial charge < -0.3 is 11.1 Å². The molecular weight excluding hydrogens is 376 g/mol. The smallest absolute Gasteiger partial charge is 0.237 e. The molecular formula is C20H22N4OS2. The van der Waals surface area contributed by atoms with Crippen LogP contribution in [-0.2, 0) is 17.6 Å². The molecule has 5 nitrogen and oxygen atoms in total. The molecule has 0 saturated heterocycles. The molecule has 0 radical (unpaired) electrons. The van der Waals surface area contributed by atoms with E-state index in [0.29, 0.717) is 16.9 Å². The minimum Gasteiger partial charge on any atom is -0.383 e. The Labute approximate surface area is 166 Å². The van der Waals surface area contributed by atoms with E-state index in [1.165, 1.54) is 28.6 Å². The van der Waals surface area contributed by atoms with Crippen molar-refractivity contribution < 1.29 is 4.79 Å². The van der Waals surface area contributed by atoms with Crippen molar-refractivity contribution in [3.63, 3.8) is 0 Å². The van der Waals surface area contributed by atoms with E-state index in [-0.39, 0.29) is 11.2 Å². The lowest BCUT2D eigenvalue weighted by Gasteiger charge is -2.17. The van der Waals surface area contributed by atoms with Crippen molar-refractivity contribution in [1.29, 1.82) is 0 Å². The highest BCUT2D eigenvalue weighted by atomic mass is 32.2. The number of thioether (sulfide) groups is 1. The Balaban J connectivity index is 1.54. The van der Waals surface area contributed by atoms with Gasteiger partial charge in [-0.25, -0.2) is 9.97 Å². The number of aromatic nitrogens is 2. The highest BCUT2D eigenvalue weighted by Gasteiger charge is 2.24. The quantitative estimate of drug-likeness (QED) is 0.499. The molecule has 1 amide bonds. The zero-order valence-electron chi connectivity index (χ0n) is 15.4. The van der Waals surface area contributed by atoms with Crippen molar-refractivity contribution in [2.24, 2.45) is 5.92 Å². The summed E-state index contributed by atoms with van der Waals surface area (Å²) in [5.41, 5.74) is 8.39. The fourth-order valence-corrected chi connectivity index (χ4v) is 5.61. The molecule has 0 bridgehead atoms. The van der Waals surface area contributed by atoms with E-state index in [0.717, 1.165) is 28.7 Å². The predicted octanol–water partition coefficient (Wildman–Crippen LogP) is 4.52. The van der Waals surface area contributed by atoms with Gasteiger partial charge in [0.2, 0.25) is 5.91 Å². The zero-order valence-corrected chi connectivity index (χ0v) is 17.0. The summed E-state index contributed by atoms with van der Waals surface area (Å²) in [5, 5.41) is 4.17. The van der Waals surface area contributed by atoms with E-state index in [2.05, 4.69) is 17.2 Å². The van der Waals surface area contributed by atoms with E-state index >= 15 is 0 Å². The molecule has 3 N–H and O–H groups in total. The number of nitrogens with one attached hydrogen (secondary N) is 1. The first kappa shape index (κ1) is 18.3. The van der Waals surface area contributed by atoms with Gasteiger partial charge >= 0.3 is 0 Å². The van der Waals surface area contributed by atoms with Gasteiger partial charge in [-0.15, -0.1) is 11.3 Å². The van der Waals surface area contributed by atoms with Crippen LogP contribution in [0.4, 0.5) is 11.5 Å².